The van der Waals surface area contributed by atoms with Gasteiger partial charge in [-0.1, -0.05) is 90.6 Å². The van der Waals surface area contributed by atoms with Gasteiger partial charge in [-0.05, 0) is 12.8 Å². The third-order valence-corrected chi connectivity index (χ3v) is 3.93. The SMILES string of the molecule is C=C(CCCCCCCCCCCCCCC)C(N)=O. The van der Waals surface area contributed by atoms with Crippen molar-refractivity contribution in [2.24, 2.45) is 5.73 Å². The second-order valence-corrected chi connectivity index (χ2v) is 5.96. The first-order chi connectivity index (χ1) is 9.68. The highest BCUT2D eigenvalue weighted by molar-refractivity contribution is 5.91. The molecule has 0 aromatic heterocycles. The molecule has 0 aliphatic rings. The molecule has 0 aromatic rings. The van der Waals surface area contributed by atoms with E-state index >= 15 is 0 Å². The van der Waals surface area contributed by atoms with Crippen molar-refractivity contribution in [2.75, 3.05) is 0 Å². The summed E-state index contributed by atoms with van der Waals surface area (Å²) in [7, 11) is 0. The highest BCUT2D eigenvalue weighted by atomic mass is 16.1. The molecule has 2 nitrogen and oxygen atoms in total. The summed E-state index contributed by atoms with van der Waals surface area (Å²) in [5, 5.41) is 0. The van der Waals surface area contributed by atoms with Crippen molar-refractivity contribution in [1.82, 2.24) is 0 Å². The summed E-state index contributed by atoms with van der Waals surface area (Å²) >= 11 is 0. The average molecular weight is 281 g/mol. The van der Waals surface area contributed by atoms with E-state index in [9.17, 15) is 4.79 Å². The van der Waals surface area contributed by atoms with E-state index in [0.29, 0.717) is 5.57 Å². The lowest BCUT2D eigenvalue weighted by Crippen LogP contribution is -2.12. The lowest BCUT2D eigenvalue weighted by molar-refractivity contribution is -0.114. The maximum atomic E-state index is 10.8. The molecule has 0 aromatic carbocycles. The predicted octanol–water partition coefficient (Wildman–Crippen LogP) is 5.51. The Morgan fingerprint density at radius 2 is 1.10 bits per heavy atom. The van der Waals surface area contributed by atoms with Crippen LogP contribution in [0, 0.1) is 0 Å². The van der Waals surface area contributed by atoms with Gasteiger partial charge in [0.25, 0.3) is 0 Å². The zero-order valence-electron chi connectivity index (χ0n) is 13.6. The number of rotatable bonds is 15. The smallest absolute Gasteiger partial charge is 0.244 e. The average Bonchev–Trinajstić information content (AvgIpc) is 2.43. The normalized spacial score (nSPS) is 10.7. The van der Waals surface area contributed by atoms with Crippen LogP contribution in [-0.2, 0) is 4.79 Å². The van der Waals surface area contributed by atoms with Gasteiger partial charge < -0.3 is 5.73 Å². The molecule has 0 saturated heterocycles. The summed E-state index contributed by atoms with van der Waals surface area (Å²) in [6.45, 7) is 5.94. The Balaban J connectivity index is 3.06. The lowest BCUT2D eigenvalue weighted by atomic mass is 10.0. The van der Waals surface area contributed by atoms with Crippen LogP contribution in [0.5, 0.6) is 0 Å². The Hall–Kier alpha value is -0.790. The summed E-state index contributed by atoms with van der Waals surface area (Å²) in [5.41, 5.74) is 5.72. The fourth-order valence-corrected chi connectivity index (χ4v) is 2.48. The van der Waals surface area contributed by atoms with Crippen LogP contribution in [0.2, 0.25) is 0 Å². The summed E-state index contributed by atoms with van der Waals surface area (Å²) in [6.07, 6.45) is 18.2. The molecule has 0 unspecified atom stereocenters. The molecular formula is C18H35NO. The Bertz CT molecular complexity index is 248. The van der Waals surface area contributed by atoms with Crippen LogP contribution in [0.1, 0.15) is 96.8 Å². The van der Waals surface area contributed by atoms with Crippen LogP contribution in [0.4, 0.5) is 0 Å². The molecule has 0 atom stereocenters. The third-order valence-electron chi connectivity index (χ3n) is 3.93. The van der Waals surface area contributed by atoms with Gasteiger partial charge >= 0.3 is 0 Å². The van der Waals surface area contributed by atoms with Crippen molar-refractivity contribution >= 4 is 5.91 Å². The monoisotopic (exact) mass is 281 g/mol. The van der Waals surface area contributed by atoms with E-state index in [1.165, 1.54) is 77.0 Å². The molecule has 0 aliphatic carbocycles. The largest absolute Gasteiger partial charge is 0.366 e. The Kier molecular flexibility index (Phi) is 14.0. The topological polar surface area (TPSA) is 43.1 Å². The number of amides is 1. The van der Waals surface area contributed by atoms with Crippen LogP contribution in [0.15, 0.2) is 12.2 Å². The Labute approximate surface area is 126 Å². The molecule has 20 heavy (non-hydrogen) atoms. The molecule has 0 aliphatic heterocycles. The minimum absolute atomic E-state index is 0.344. The van der Waals surface area contributed by atoms with Crippen LogP contribution in [0.25, 0.3) is 0 Å². The van der Waals surface area contributed by atoms with Crippen molar-refractivity contribution in [2.45, 2.75) is 96.8 Å². The number of primary amides is 1. The molecule has 118 valence electrons. The van der Waals surface area contributed by atoms with E-state index in [2.05, 4.69) is 13.5 Å². The molecule has 1 amide bonds. The summed E-state index contributed by atoms with van der Waals surface area (Å²) < 4.78 is 0. The predicted molar refractivity (Wildman–Crippen MR) is 88.6 cm³/mol. The van der Waals surface area contributed by atoms with E-state index in [4.69, 9.17) is 5.73 Å². The molecule has 0 radical (unpaired) electrons. The fraction of sp³-hybridized carbons (Fsp3) is 0.833. The number of hydrogen-bond donors (Lipinski definition) is 1. The Morgan fingerprint density at radius 1 is 0.750 bits per heavy atom. The Morgan fingerprint density at radius 3 is 1.45 bits per heavy atom. The number of nitrogens with two attached hydrogens (primary N) is 1. The zero-order chi connectivity index (χ0) is 15.1. The van der Waals surface area contributed by atoms with Gasteiger partial charge in [0.2, 0.25) is 5.91 Å². The van der Waals surface area contributed by atoms with Crippen molar-refractivity contribution in [1.29, 1.82) is 0 Å². The molecule has 2 N–H and O–H groups in total. The first kappa shape index (κ1) is 19.2. The minimum Gasteiger partial charge on any atom is -0.366 e. The molecule has 0 spiro atoms. The summed E-state index contributed by atoms with van der Waals surface area (Å²) in [6, 6.07) is 0. The quantitative estimate of drug-likeness (QED) is 0.312. The van der Waals surface area contributed by atoms with E-state index in [-0.39, 0.29) is 5.91 Å². The molecule has 0 bridgehead atoms. The van der Waals surface area contributed by atoms with Crippen molar-refractivity contribution in [3.63, 3.8) is 0 Å². The van der Waals surface area contributed by atoms with Crippen LogP contribution in [0.3, 0.4) is 0 Å². The third kappa shape index (κ3) is 13.6. The maximum Gasteiger partial charge on any atom is 0.244 e. The zero-order valence-corrected chi connectivity index (χ0v) is 13.6. The highest BCUT2D eigenvalue weighted by Crippen LogP contribution is 2.13. The minimum atomic E-state index is -0.344. The van der Waals surface area contributed by atoms with Gasteiger partial charge in [0.1, 0.15) is 0 Å². The van der Waals surface area contributed by atoms with Gasteiger partial charge in [-0.2, -0.15) is 0 Å². The van der Waals surface area contributed by atoms with Gasteiger partial charge in [0.05, 0.1) is 0 Å². The summed E-state index contributed by atoms with van der Waals surface area (Å²) in [5.74, 6) is -0.344. The number of hydrogen-bond acceptors (Lipinski definition) is 1. The number of carbonyl (C=O) groups excluding carboxylic acids is 1. The fourth-order valence-electron chi connectivity index (χ4n) is 2.48. The molecule has 0 fully saturated rings. The van der Waals surface area contributed by atoms with Gasteiger partial charge in [0.15, 0.2) is 0 Å². The van der Waals surface area contributed by atoms with Crippen molar-refractivity contribution < 1.29 is 4.79 Å². The number of unbranched alkanes of at least 4 members (excludes halogenated alkanes) is 12. The second kappa shape index (κ2) is 14.6. The lowest BCUT2D eigenvalue weighted by Gasteiger charge is -2.03. The molecule has 0 rings (SSSR count). The van der Waals surface area contributed by atoms with Gasteiger partial charge in [0, 0.05) is 5.57 Å². The van der Waals surface area contributed by atoms with Gasteiger partial charge in [-0.15, -0.1) is 0 Å². The molecule has 2 heteroatoms. The van der Waals surface area contributed by atoms with Crippen LogP contribution in [-0.4, -0.2) is 5.91 Å². The molecule has 0 heterocycles. The van der Waals surface area contributed by atoms with Gasteiger partial charge in [-0.25, -0.2) is 0 Å². The van der Waals surface area contributed by atoms with E-state index < -0.39 is 0 Å². The van der Waals surface area contributed by atoms with Crippen LogP contribution >= 0.6 is 0 Å². The van der Waals surface area contributed by atoms with Crippen molar-refractivity contribution in [3.05, 3.63) is 12.2 Å². The highest BCUT2D eigenvalue weighted by Gasteiger charge is 2.00. The standard InChI is InChI=1S/C18H35NO/c1-3-4-5-6-7-8-9-10-11-12-13-14-15-16-17(2)18(19)20/h2-16H2,1H3,(H2,19,20). The second-order valence-electron chi connectivity index (χ2n) is 5.96. The van der Waals surface area contributed by atoms with Crippen molar-refractivity contribution in [3.8, 4) is 0 Å². The maximum absolute atomic E-state index is 10.8. The van der Waals surface area contributed by atoms with E-state index in [0.717, 1.165) is 12.8 Å². The molecule has 0 saturated carbocycles. The molecular weight excluding hydrogens is 246 g/mol. The summed E-state index contributed by atoms with van der Waals surface area (Å²) in [4.78, 5) is 10.8. The van der Waals surface area contributed by atoms with E-state index in [1.807, 2.05) is 0 Å². The number of carbonyl (C=O) groups is 1. The van der Waals surface area contributed by atoms with Crippen LogP contribution < -0.4 is 5.73 Å². The first-order valence-corrected chi connectivity index (χ1v) is 8.66. The van der Waals surface area contributed by atoms with E-state index in [1.54, 1.807) is 0 Å². The first-order valence-electron chi connectivity index (χ1n) is 8.66. The van der Waals surface area contributed by atoms with Gasteiger partial charge in [-0.3, -0.25) is 4.79 Å².